The van der Waals surface area contributed by atoms with Gasteiger partial charge in [0.2, 0.25) is 5.89 Å². The Morgan fingerprint density at radius 2 is 1.82 bits per heavy atom. The van der Waals surface area contributed by atoms with Crippen molar-refractivity contribution in [3.8, 4) is 11.5 Å². The lowest BCUT2D eigenvalue weighted by Gasteiger charge is -2.02. The molecule has 2 aromatic carbocycles. The molecule has 4 nitrogen and oxygen atoms in total. The van der Waals surface area contributed by atoms with Gasteiger partial charge in [0.15, 0.2) is 5.69 Å². The second kappa shape index (κ2) is 6.58. The summed E-state index contributed by atoms with van der Waals surface area (Å²) < 4.78 is 6.35. The van der Waals surface area contributed by atoms with E-state index in [-0.39, 0.29) is 11.6 Å². The number of carbonyl (C=O) groups excluding carboxylic acids is 1. The van der Waals surface area contributed by atoms with Gasteiger partial charge in [-0.2, -0.15) is 0 Å². The first-order valence-electron chi connectivity index (χ1n) is 6.76. The minimum Gasteiger partial charge on any atom is -0.444 e. The Balaban J connectivity index is 1.68. The fourth-order valence-corrected chi connectivity index (χ4v) is 2.24. The van der Waals surface area contributed by atoms with Crippen LogP contribution < -0.4 is 5.32 Å². The number of rotatable bonds is 4. The summed E-state index contributed by atoms with van der Waals surface area (Å²) >= 11 is 3.37. The molecule has 0 saturated heterocycles. The molecule has 3 rings (SSSR count). The van der Waals surface area contributed by atoms with Crippen LogP contribution in [0.3, 0.4) is 0 Å². The van der Waals surface area contributed by atoms with Crippen LogP contribution in [0.5, 0.6) is 0 Å². The first-order chi connectivity index (χ1) is 10.7. The second-order valence-electron chi connectivity index (χ2n) is 4.71. The highest BCUT2D eigenvalue weighted by atomic mass is 79.9. The van der Waals surface area contributed by atoms with Crippen LogP contribution in [0, 0.1) is 0 Å². The van der Waals surface area contributed by atoms with Gasteiger partial charge in [0.05, 0.1) is 0 Å². The van der Waals surface area contributed by atoms with E-state index in [1.165, 1.54) is 6.26 Å². The molecule has 0 atom stereocenters. The lowest BCUT2D eigenvalue weighted by atomic mass is 10.2. The lowest BCUT2D eigenvalue weighted by molar-refractivity contribution is 0.0946. The Morgan fingerprint density at radius 3 is 2.55 bits per heavy atom. The van der Waals surface area contributed by atoms with Gasteiger partial charge in [0, 0.05) is 16.6 Å². The summed E-state index contributed by atoms with van der Waals surface area (Å²) in [7, 11) is 0. The molecule has 1 N–H and O–H groups in total. The van der Waals surface area contributed by atoms with Crippen LogP contribution in [0.4, 0.5) is 0 Å². The van der Waals surface area contributed by atoms with Gasteiger partial charge >= 0.3 is 0 Å². The van der Waals surface area contributed by atoms with Crippen molar-refractivity contribution < 1.29 is 9.21 Å². The van der Waals surface area contributed by atoms with Crippen molar-refractivity contribution in [3.05, 3.63) is 76.6 Å². The molecule has 0 fully saturated rings. The van der Waals surface area contributed by atoms with E-state index in [1.54, 1.807) is 0 Å². The van der Waals surface area contributed by atoms with Gasteiger partial charge < -0.3 is 9.73 Å². The highest BCUT2D eigenvalue weighted by molar-refractivity contribution is 9.10. The Hall–Kier alpha value is -2.40. The number of oxazole rings is 1. The topological polar surface area (TPSA) is 55.1 Å². The molecule has 1 aromatic heterocycles. The SMILES string of the molecule is O=C(NCc1ccccc1)c1coc(-c2ccc(Br)cc2)n1. The first-order valence-corrected chi connectivity index (χ1v) is 7.55. The zero-order valence-electron chi connectivity index (χ0n) is 11.6. The number of benzene rings is 2. The van der Waals surface area contributed by atoms with E-state index in [1.807, 2.05) is 54.6 Å². The van der Waals surface area contributed by atoms with Crippen LogP contribution in [0.1, 0.15) is 16.1 Å². The standard InChI is InChI=1S/C17H13BrN2O2/c18-14-8-6-13(7-9-14)17-20-15(11-22-17)16(21)19-10-12-4-2-1-3-5-12/h1-9,11H,10H2,(H,19,21). The van der Waals surface area contributed by atoms with Gasteiger partial charge in [-0.15, -0.1) is 0 Å². The van der Waals surface area contributed by atoms with Gasteiger partial charge in [0.25, 0.3) is 5.91 Å². The molecule has 3 aromatic rings. The van der Waals surface area contributed by atoms with Gasteiger partial charge in [-0.3, -0.25) is 4.79 Å². The van der Waals surface area contributed by atoms with Gasteiger partial charge in [-0.25, -0.2) is 4.98 Å². The molecular formula is C17H13BrN2O2. The molecule has 5 heteroatoms. The second-order valence-corrected chi connectivity index (χ2v) is 5.63. The molecule has 22 heavy (non-hydrogen) atoms. The predicted molar refractivity (Wildman–Crippen MR) is 87.3 cm³/mol. The number of hydrogen-bond donors (Lipinski definition) is 1. The number of amides is 1. The summed E-state index contributed by atoms with van der Waals surface area (Å²) in [6.07, 6.45) is 1.37. The molecule has 0 aliphatic rings. The lowest BCUT2D eigenvalue weighted by Crippen LogP contribution is -2.23. The third-order valence-electron chi connectivity index (χ3n) is 3.12. The van der Waals surface area contributed by atoms with Crippen LogP contribution in [-0.2, 0) is 6.54 Å². The molecule has 0 aliphatic carbocycles. The average molecular weight is 357 g/mol. The molecule has 0 radical (unpaired) electrons. The first kappa shape index (κ1) is 14.5. The van der Waals surface area contributed by atoms with Gasteiger partial charge in [0.1, 0.15) is 6.26 Å². The van der Waals surface area contributed by atoms with Crippen molar-refractivity contribution in [2.24, 2.45) is 0 Å². The Kier molecular flexibility index (Phi) is 4.34. The minimum atomic E-state index is -0.254. The van der Waals surface area contributed by atoms with Crippen molar-refractivity contribution in [2.45, 2.75) is 6.54 Å². The normalized spacial score (nSPS) is 10.4. The minimum absolute atomic E-state index is 0.254. The maximum absolute atomic E-state index is 12.1. The number of carbonyl (C=O) groups is 1. The molecule has 0 bridgehead atoms. The summed E-state index contributed by atoms with van der Waals surface area (Å²) in [6, 6.07) is 17.3. The number of hydrogen-bond acceptors (Lipinski definition) is 3. The van der Waals surface area contributed by atoms with Crippen LogP contribution >= 0.6 is 15.9 Å². The number of aromatic nitrogens is 1. The van der Waals surface area contributed by atoms with Crippen molar-refractivity contribution in [2.75, 3.05) is 0 Å². The van der Waals surface area contributed by atoms with Gasteiger partial charge in [-0.1, -0.05) is 46.3 Å². The molecule has 0 aliphatic heterocycles. The molecule has 0 unspecified atom stereocenters. The highest BCUT2D eigenvalue weighted by Crippen LogP contribution is 2.21. The van der Waals surface area contributed by atoms with Crippen molar-refractivity contribution in [1.82, 2.24) is 10.3 Å². The Bertz CT molecular complexity index is 767. The van der Waals surface area contributed by atoms with Crippen molar-refractivity contribution in [3.63, 3.8) is 0 Å². The molecule has 1 amide bonds. The summed E-state index contributed by atoms with van der Waals surface area (Å²) in [5.41, 5.74) is 2.13. The Labute approximate surface area is 136 Å². The third kappa shape index (κ3) is 3.43. The Morgan fingerprint density at radius 1 is 1.09 bits per heavy atom. The summed E-state index contributed by atoms with van der Waals surface area (Å²) in [6.45, 7) is 0.458. The van der Waals surface area contributed by atoms with Gasteiger partial charge in [-0.05, 0) is 29.8 Å². The number of nitrogens with zero attached hydrogens (tertiary/aromatic N) is 1. The molecule has 1 heterocycles. The average Bonchev–Trinajstić information content (AvgIpc) is 3.04. The monoisotopic (exact) mass is 356 g/mol. The zero-order chi connectivity index (χ0) is 15.4. The molecule has 110 valence electrons. The quantitative estimate of drug-likeness (QED) is 0.767. The van der Waals surface area contributed by atoms with E-state index in [4.69, 9.17) is 4.42 Å². The summed E-state index contributed by atoms with van der Waals surface area (Å²) in [4.78, 5) is 16.3. The van der Waals surface area contributed by atoms with E-state index in [9.17, 15) is 4.79 Å². The number of halogens is 1. The third-order valence-corrected chi connectivity index (χ3v) is 3.65. The van der Waals surface area contributed by atoms with E-state index in [0.29, 0.717) is 12.4 Å². The smallest absolute Gasteiger partial charge is 0.273 e. The molecular weight excluding hydrogens is 344 g/mol. The van der Waals surface area contributed by atoms with Crippen LogP contribution in [0.25, 0.3) is 11.5 Å². The van der Waals surface area contributed by atoms with Crippen LogP contribution in [-0.4, -0.2) is 10.9 Å². The van der Waals surface area contributed by atoms with E-state index >= 15 is 0 Å². The number of nitrogens with one attached hydrogen (secondary N) is 1. The van der Waals surface area contributed by atoms with Crippen LogP contribution in [0.2, 0.25) is 0 Å². The maximum atomic E-state index is 12.1. The maximum Gasteiger partial charge on any atom is 0.273 e. The predicted octanol–water partition coefficient (Wildman–Crippen LogP) is 4.03. The van der Waals surface area contributed by atoms with Crippen molar-refractivity contribution in [1.29, 1.82) is 0 Å². The zero-order valence-corrected chi connectivity index (χ0v) is 13.2. The molecule has 0 spiro atoms. The van der Waals surface area contributed by atoms with E-state index in [0.717, 1.165) is 15.6 Å². The van der Waals surface area contributed by atoms with Crippen LogP contribution in [0.15, 0.2) is 69.8 Å². The highest BCUT2D eigenvalue weighted by Gasteiger charge is 2.13. The molecule has 0 saturated carbocycles. The fraction of sp³-hybridized carbons (Fsp3) is 0.0588. The summed E-state index contributed by atoms with van der Waals surface area (Å²) in [5, 5.41) is 2.82. The largest absolute Gasteiger partial charge is 0.444 e. The van der Waals surface area contributed by atoms with E-state index in [2.05, 4.69) is 26.2 Å². The van der Waals surface area contributed by atoms with E-state index < -0.39 is 0 Å². The van der Waals surface area contributed by atoms with Crippen molar-refractivity contribution >= 4 is 21.8 Å². The fourth-order valence-electron chi connectivity index (χ4n) is 1.97. The summed E-state index contributed by atoms with van der Waals surface area (Å²) in [5.74, 6) is 0.174.